The van der Waals surface area contributed by atoms with E-state index in [9.17, 15) is 9.18 Å². The van der Waals surface area contributed by atoms with Crippen LogP contribution in [0.4, 0.5) is 10.3 Å². The van der Waals surface area contributed by atoms with Crippen molar-refractivity contribution in [1.82, 2.24) is 9.97 Å². The van der Waals surface area contributed by atoms with Crippen LogP contribution in [0.1, 0.15) is 16.1 Å². The third-order valence-electron chi connectivity index (χ3n) is 2.37. The SMILES string of the molecule is COc1cc(C)nc(NC(=O)c2ccc(F)cc2)n1. The van der Waals surface area contributed by atoms with Gasteiger partial charge in [-0.2, -0.15) is 4.98 Å². The average molecular weight is 261 g/mol. The van der Waals surface area contributed by atoms with Crippen molar-refractivity contribution >= 4 is 11.9 Å². The van der Waals surface area contributed by atoms with E-state index >= 15 is 0 Å². The van der Waals surface area contributed by atoms with Gasteiger partial charge in [-0.15, -0.1) is 0 Å². The quantitative estimate of drug-likeness (QED) is 0.919. The Hall–Kier alpha value is -2.50. The van der Waals surface area contributed by atoms with Gasteiger partial charge in [0.2, 0.25) is 11.8 Å². The molecule has 0 radical (unpaired) electrons. The molecule has 1 aromatic heterocycles. The highest BCUT2D eigenvalue weighted by molar-refractivity contribution is 6.03. The van der Waals surface area contributed by atoms with E-state index in [0.29, 0.717) is 17.1 Å². The summed E-state index contributed by atoms with van der Waals surface area (Å²) < 4.78 is 17.7. The van der Waals surface area contributed by atoms with E-state index in [0.717, 1.165) is 0 Å². The smallest absolute Gasteiger partial charge is 0.258 e. The van der Waals surface area contributed by atoms with Gasteiger partial charge in [-0.25, -0.2) is 9.37 Å². The van der Waals surface area contributed by atoms with Crippen LogP contribution < -0.4 is 10.1 Å². The normalized spacial score (nSPS) is 10.1. The number of anilines is 1. The van der Waals surface area contributed by atoms with Crippen molar-refractivity contribution in [2.75, 3.05) is 12.4 Å². The van der Waals surface area contributed by atoms with Gasteiger partial charge in [0.05, 0.1) is 7.11 Å². The summed E-state index contributed by atoms with van der Waals surface area (Å²) in [5.41, 5.74) is 0.992. The molecule has 0 aliphatic carbocycles. The van der Waals surface area contributed by atoms with Crippen molar-refractivity contribution in [1.29, 1.82) is 0 Å². The lowest BCUT2D eigenvalue weighted by molar-refractivity contribution is 0.102. The number of nitrogens with one attached hydrogen (secondary N) is 1. The molecule has 1 aromatic carbocycles. The highest BCUT2D eigenvalue weighted by atomic mass is 19.1. The predicted molar refractivity (Wildman–Crippen MR) is 67.7 cm³/mol. The van der Waals surface area contributed by atoms with Crippen molar-refractivity contribution < 1.29 is 13.9 Å². The van der Waals surface area contributed by atoms with E-state index in [1.807, 2.05) is 0 Å². The van der Waals surface area contributed by atoms with E-state index in [2.05, 4.69) is 15.3 Å². The first-order valence-corrected chi connectivity index (χ1v) is 5.55. The number of halogens is 1. The number of aromatic nitrogens is 2. The second kappa shape index (κ2) is 5.43. The number of nitrogens with zero attached hydrogens (tertiary/aromatic N) is 2. The summed E-state index contributed by atoms with van der Waals surface area (Å²) in [4.78, 5) is 19.9. The minimum atomic E-state index is -0.410. The lowest BCUT2D eigenvalue weighted by Crippen LogP contribution is -2.14. The van der Waals surface area contributed by atoms with Gasteiger partial charge in [-0.1, -0.05) is 0 Å². The zero-order valence-corrected chi connectivity index (χ0v) is 10.5. The Morgan fingerprint density at radius 1 is 1.26 bits per heavy atom. The average Bonchev–Trinajstić information content (AvgIpc) is 2.38. The van der Waals surface area contributed by atoms with Crippen molar-refractivity contribution in [3.63, 3.8) is 0 Å². The molecule has 1 amide bonds. The zero-order valence-electron chi connectivity index (χ0n) is 10.5. The Morgan fingerprint density at radius 2 is 1.95 bits per heavy atom. The maximum atomic E-state index is 12.8. The molecule has 0 aliphatic heterocycles. The molecule has 0 saturated carbocycles. The van der Waals surface area contributed by atoms with Crippen LogP contribution in [0.3, 0.4) is 0 Å². The summed E-state index contributed by atoms with van der Waals surface area (Å²) in [5.74, 6) is -0.300. The molecule has 19 heavy (non-hydrogen) atoms. The molecule has 0 atom stereocenters. The van der Waals surface area contributed by atoms with Gasteiger partial charge in [-0.3, -0.25) is 10.1 Å². The van der Waals surface area contributed by atoms with Gasteiger partial charge < -0.3 is 4.74 Å². The molecule has 0 aliphatic rings. The van der Waals surface area contributed by atoms with Crippen LogP contribution in [0.5, 0.6) is 5.88 Å². The topological polar surface area (TPSA) is 64.1 Å². The second-order valence-electron chi connectivity index (χ2n) is 3.84. The largest absolute Gasteiger partial charge is 0.481 e. The van der Waals surface area contributed by atoms with E-state index < -0.39 is 11.7 Å². The molecule has 2 aromatic rings. The third-order valence-corrected chi connectivity index (χ3v) is 2.37. The van der Waals surface area contributed by atoms with Crippen LogP contribution in [0.25, 0.3) is 0 Å². The Labute approximate surface area is 109 Å². The van der Waals surface area contributed by atoms with E-state index in [4.69, 9.17) is 4.74 Å². The molecule has 6 heteroatoms. The summed E-state index contributed by atoms with van der Waals surface area (Å²) >= 11 is 0. The van der Waals surface area contributed by atoms with Crippen LogP contribution >= 0.6 is 0 Å². The molecule has 0 saturated heterocycles. The number of carbonyl (C=O) groups is 1. The summed E-state index contributed by atoms with van der Waals surface area (Å²) in [5, 5.41) is 2.53. The molecule has 0 unspecified atom stereocenters. The van der Waals surface area contributed by atoms with Gasteiger partial charge in [0.25, 0.3) is 5.91 Å². The van der Waals surface area contributed by atoms with Crippen molar-refractivity contribution in [2.45, 2.75) is 6.92 Å². The first-order chi connectivity index (χ1) is 9.08. The molecule has 98 valence electrons. The Morgan fingerprint density at radius 3 is 2.58 bits per heavy atom. The lowest BCUT2D eigenvalue weighted by Gasteiger charge is -2.06. The van der Waals surface area contributed by atoms with Crippen LogP contribution in [0, 0.1) is 12.7 Å². The maximum absolute atomic E-state index is 12.8. The van der Waals surface area contributed by atoms with Gasteiger partial charge in [0, 0.05) is 17.3 Å². The number of hydrogen-bond donors (Lipinski definition) is 1. The van der Waals surface area contributed by atoms with E-state index in [-0.39, 0.29) is 5.95 Å². The zero-order chi connectivity index (χ0) is 13.8. The summed E-state index contributed by atoms with van der Waals surface area (Å²) in [6, 6.07) is 6.85. The first-order valence-electron chi connectivity index (χ1n) is 5.55. The minimum Gasteiger partial charge on any atom is -0.481 e. The molecular formula is C13H12FN3O2. The maximum Gasteiger partial charge on any atom is 0.258 e. The van der Waals surface area contributed by atoms with Crippen LogP contribution in [0.2, 0.25) is 0 Å². The first kappa shape index (κ1) is 12.9. The molecule has 5 nitrogen and oxygen atoms in total. The number of rotatable bonds is 3. The number of carbonyl (C=O) groups excluding carboxylic acids is 1. The number of methoxy groups -OCH3 is 1. The van der Waals surface area contributed by atoms with Gasteiger partial charge in [0.1, 0.15) is 5.82 Å². The fourth-order valence-corrected chi connectivity index (χ4v) is 1.48. The number of amides is 1. The van der Waals surface area contributed by atoms with Crippen molar-refractivity contribution in [3.8, 4) is 5.88 Å². The molecule has 1 heterocycles. The van der Waals surface area contributed by atoms with E-state index in [1.165, 1.54) is 31.4 Å². The van der Waals surface area contributed by atoms with Gasteiger partial charge >= 0.3 is 0 Å². The highest BCUT2D eigenvalue weighted by Gasteiger charge is 2.09. The van der Waals surface area contributed by atoms with Crippen LogP contribution in [-0.4, -0.2) is 23.0 Å². The Balaban J connectivity index is 2.18. The number of benzene rings is 1. The number of ether oxygens (including phenoxy) is 1. The predicted octanol–water partition coefficient (Wildman–Crippen LogP) is 2.19. The summed E-state index contributed by atoms with van der Waals surface area (Å²) in [6.07, 6.45) is 0. The standard InChI is InChI=1S/C13H12FN3O2/c1-8-7-11(19-2)16-13(15-8)17-12(18)9-3-5-10(14)6-4-9/h3-7H,1-2H3,(H,15,16,17,18). The fraction of sp³-hybridized carbons (Fsp3) is 0.154. The van der Waals surface area contributed by atoms with Crippen LogP contribution in [-0.2, 0) is 0 Å². The lowest BCUT2D eigenvalue weighted by atomic mass is 10.2. The summed E-state index contributed by atoms with van der Waals surface area (Å²) in [6.45, 7) is 1.76. The third kappa shape index (κ3) is 3.25. The minimum absolute atomic E-state index is 0.145. The molecular weight excluding hydrogens is 249 g/mol. The Kier molecular flexibility index (Phi) is 3.70. The summed E-state index contributed by atoms with van der Waals surface area (Å²) in [7, 11) is 1.48. The molecule has 1 N–H and O–H groups in total. The van der Waals surface area contributed by atoms with Crippen molar-refractivity contribution in [2.24, 2.45) is 0 Å². The molecule has 0 spiro atoms. The second-order valence-corrected chi connectivity index (χ2v) is 3.84. The van der Waals surface area contributed by atoms with Gasteiger partial charge in [-0.05, 0) is 31.2 Å². The van der Waals surface area contributed by atoms with E-state index in [1.54, 1.807) is 13.0 Å². The monoisotopic (exact) mass is 261 g/mol. The molecule has 0 bridgehead atoms. The molecule has 2 rings (SSSR count). The number of aryl methyl sites for hydroxylation is 1. The van der Waals surface area contributed by atoms with Gasteiger partial charge in [0.15, 0.2) is 0 Å². The highest BCUT2D eigenvalue weighted by Crippen LogP contribution is 2.12. The number of hydrogen-bond acceptors (Lipinski definition) is 4. The van der Waals surface area contributed by atoms with Crippen LogP contribution in [0.15, 0.2) is 30.3 Å². The fourth-order valence-electron chi connectivity index (χ4n) is 1.48. The van der Waals surface area contributed by atoms with Crippen molar-refractivity contribution in [3.05, 3.63) is 47.4 Å². The molecule has 0 fully saturated rings. The Bertz CT molecular complexity index is 599.